The molecule has 2 amide bonds. The first-order valence-electron chi connectivity index (χ1n) is 10.4. The van der Waals surface area contributed by atoms with Gasteiger partial charge in [0.05, 0.1) is 29.9 Å². The van der Waals surface area contributed by atoms with Gasteiger partial charge >= 0.3 is 0 Å². The van der Waals surface area contributed by atoms with E-state index in [1.54, 1.807) is 0 Å². The van der Waals surface area contributed by atoms with E-state index in [0.29, 0.717) is 49.4 Å². The van der Waals surface area contributed by atoms with Gasteiger partial charge in [-0.2, -0.15) is 0 Å². The maximum atomic E-state index is 13.5. The van der Waals surface area contributed by atoms with Crippen molar-refractivity contribution >= 4 is 33.4 Å². The maximum absolute atomic E-state index is 13.5. The molecule has 1 aromatic rings. The van der Waals surface area contributed by atoms with Crippen LogP contribution in [0.15, 0.2) is 24.3 Å². The Bertz CT molecular complexity index is 791. The number of amides is 2. The second-order valence-corrected chi connectivity index (χ2v) is 11.0. The van der Waals surface area contributed by atoms with Crippen LogP contribution in [0, 0.1) is 17.3 Å². The third kappa shape index (κ3) is 3.18. The fourth-order valence-corrected chi connectivity index (χ4v) is 7.84. The Hall–Kier alpha value is -1.40. The normalized spacial score (nSPS) is 36.4. The Kier molecular flexibility index (Phi) is 4.55. The van der Waals surface area contributed by atoms with Gasteiger partial charge in [0.1, 0.15) is 0 Å². The van der Waals surface area contributed by atoms with Crippen molar-refractivity contribution in [3.05, 3.63) is 29.8 Å². The molecule has 2 unspecified atom stereocenters. The summed E-state index contributed by atoms with van der Waals surface area (Å²) in [5.41, 5.74) is 0.933. The van der Waals surface area contributed by atoms with E-state index in [-0.39, 0.29) is 21.6 Å². The van der Waals surface area contributed by atoms with E-state index in [1.807, 2.05) is 29.2 Å². The van der Waals surface area contributed by atoms with Crippen molar-refractivity contribution in [2.24, 2.45) is 17.3 Å². The second kappa shape index (κ2) is 6.84. The highest BCUT2D eigenvalue weighted by Gasteiger charge is 2.59. The molecule has 5 aliphatic rings. The van der Waals surface area contributed by atoms with Gasteiger partial charge in [-0.05, 0) is 62.5 Å². The smallest absolute Gasteiger partial charge is 0.256 e. The van der Waals surface area contributed by atoms with Crippen molar-refractivity contribution < 1.29 is 14.3 Å². The third-order valence-electron chi connectivity index (χ3n) is 7.18. The quantitative estimate of drug-likeness (QED) is 0.717. The number of halogens is 1. The predicted octanol–water partition coefficient (Wildman–Crippen LogP) is 3.83. The van der Waals surface area contributed by atoms with E-state index in [2.05, 4.69) is 21.2 Å². The van der Waals surface area contributed by atoms with Crippen molar-refractivity contribution in [1.29, 1.82) is 0 Å². The van der Waals surface area contributed by atoms with Crippen LogP contribution >= 0.6 is 15.9 Å². The average Bonchev–Trinajstić information content (AvgIpc) is 2.66. The molecule has 4 bridgehead atoms. The molecular formula is C22H27BrN2O3. The number of nitrogens with one attached hydrogen (secondary N) is 1. The van der Waals surface area contributed by atoms with Crippen LogP contribution in [0.25, 0.3) is 0 Å². The fraction of sp³-hybridized carbons (Fsp3) is 0.636. The molecule has 0 radical (unpaired) electrons. The molecule has 6 rings (SSSR count). The van der Waals surface area contributed by atoms with E-state index in [1.165, 1.54) is 19.3 Å². The van der Waals surface area contributed by atoms with Crippen LogP contribution in [0.1, 0.15) is 48.9 Å². The van der Waals surface area contributed by atoms with Crippen LogP contribution in [0.4, 0.5) is 5.69 Å². The standard InChI is InChI=1S/C22H27BrN2O3/c23-22-12-15-9-16(13-22)11-21(10-15,14-22)20(27)24-18-4-2-1-3-17(18)19(26)25-5-7-28-8-6-25/h1-4,15-16H,5-14H2,(H,24,27). The highest BCUT2D eigenvalue weighted by Crippen LogP contribution is 2.64. The summed E-state index contributed by atoms with van der Waals surface area (Å²) in [5, 5.41) is 3.17. The van der Waals surface area contributed by atoms with Crippen LogP contribution in [0.3, 0.4) is 0 Å². The second-order valence-electron chi connectivity index (χ2n) is 9.30. The molecule has 4 saturated carbocycles. The number of carbonyl (C=O) groups excluding carboxylic acids is 2. The first kappa shape index (κ1) is 18.6. The van der Waals surface area contributed by atoms with E-state index in [9.17, 15) is 9.59 Å². The lowest BCUT2D eigenvalue weighted by Crippen LogP contribution is -2.57. The van der Waals surface area contributed by atoms with Gasteiger partial charge in [-0.3, -0.25) is 9.59 Å². The van der Waals surface area contributed by atoms with Crippen molar-refractivity contribution in [3.63, 3.8) is 0 Å². The molecule has 5 fully saturated rings. The number of carbonyl (C=O) groups is 2. The summed E-state index contributed by atoms with van der Waals surface area (Å²) in [6, 6.07) is 7.42. The first-order valence-corrected chi connectivity index (χ1v) is 11.2. The molecule has 2 atom stereocenters. The monoisotopic (exact) mass is 446 g/mol. The topological polar surface area (TPSA) is 58.6 Å². The number of hydrogen-bond acceptors (Lipinski definition) is 3. The number of anilines is 1. The number of benzene rings is 1. The molecule has 1 aromatic carbocycles. The fourth-order valence-electron chi connectivity index (χ4n) is 6.39. The number of nitrogens with zero attached hydrogens (tertiary/aromatic N) is 1. The molecule has 1 heterocycles. The number of para-hydroxylation sites is 1. The molecule has 1 N–H and O–H groups in total. The maximum Gasteiger partial charge on any atom is 0.256 e. The molecule has 0 spiro atoms. The van der Waals surface area contributed by atoms with Crippen LogP contribution in [-0.2, 0) is 9.53 Å². The Labute approximate surface area is 174 Å². The molecule has 150 valence electrons. The summed E-state index contributed by atoms with van der Waals surface area (Å²) < 4.78 is 5.50. The lowest BCUT2D eigenvalue weighted by Gasteiger charge is -2.59. The zero-order valence-corrected chi connectivity index (χ0v) is 17.7. The Morgan fingerprint density at radius 2 is 1.75 bits per heavy atom. The lowest BCUT2D eigenvalue weighted by molar-refractivity contribution is -0.138. The van der Waals surface area contributed by atoms with Crippen LogP contribution in [0.5, 0.6) is 0 Å². The van der Waals surface area contributed by atoms with Crippen molar-refractivity contribution in [2.75, 3.05) is 31.6 Å². The van der Waals surface area contributed by atoms with Gasteiger partial charge in [0.2, 0.25) is 5.91 Å². The average molecular weight is 447 g/mol. The Morgan fingerprint density at radius 3 is 2.43 bits per heavy atom. The van der Waals surface area contributed by atoms with Crippen LogP contribution in [0.2, 0.25) is 0 Å². The largest absolute Gasteiger partial charge is 0.378 e. The van der Waals surface area contributed by atoms with E-state index < -0.39 is 0 Å². The van der Waals surface area contributed by atoms with E-state index in [0.717, 1.165) is 19.3 Å². The first-order chi connectivity index (χ1) is 13.5. The minimum atomic E-state index is -0.289. The van der Waals surface area contributed by atoms with Gasteiger partial charge in [-0.1, -0.05) is 28.1 Å². The predicted molar refractivity (Wildman–Crippen MR) is 111 cm³/mol. The Balaban J connectivity index is 1.38. The summed E-state index contributed by atoms with van der Waals surface area (Å²) in [5.74, 6) is 1.38. The number of morpholine rings is 1. The van der Waals surface area contributed by atoms with E-state index in [4.69, 9.17) is 4.74 Å². The van der Waals surface area contributed by atoms with Crippen LogP contribution in [-0.4, -0.2) is 47.3 Å². The molecule has 1 aliphatic heterocycles. The minimum Gasteiger partial charge on any atom is -0.378 e. The zero-order chi connectivity index (χ0) is 19.4. The number of ether oxygens (including phenoxy) is 1. The molecule has 5 nitrogen and oxygen atoms in total. The molecule has 4 aliphatic carbocycles. The summed E-state index contributed by atoms with van der Waals surface area (Å²) >= 11 is 3.98. The summed E-state index contributed by atoms with van der Waals surface area (Å²) in [6.45, 7) is 2.33. The SMILES string of the molecule is O=C(c1ccccc1NC(=O)C12CC3CC(CC(Br)(C3)C1)C2)N1CCOCC1. The highest BCUT2D eigenvalue weighted by atomic mass is 79.9. The van der Waals surface area contributed by atoms with Gasteiger partial charge in [0.15, 0.2) is 0 Å². The highest BCUT2D eigenvalue weighted by molar-refractivity contribution is 9.10. The molecule has 0 aromatic heterocycles. The molecule has 1 saturated heterocycles. The summed E-state index contributed by atoms with van der Waals surface area (Å²) in [7, 11) is 0. The van der Waals surface area contributed by atoms with Crippen molar-refractivity contribution in [1.82, 2.24) is 4.90 Å². The molecule has 6 heteroatoms. The number of rotatable bonds is 3. The van der Waals surface area contributed by atoms with Crippen LogP contribution < -0.4 is 5.32 Å². The van der Waals surface area contributed by atoms with Crippen molar-refractivity contribution in [3.8, 4) is 0 Å². The van der Waals surface area contributed by atoms with E-state index >= 15 is 0 Å². The molecular weight excluding hydrogens is 420 g/mol. The summed E-state index contributed by atoms with van der Waals surface area (Å²) in [6.07, 6.45) is 6.56. The molecule has 28 heavy (non-hydrogen) atoms. The Morgan fingerprint density at radius 1 is 1.07 bits per heavy atom. The number of hydrogen-bond donors (Lipinski definition) is 1. The number of alkyl halides is 1. The zero-order valence-electron chi connectivity index (χ0n) is 16.1. The summed E-state index contributed by atoms with van der Waals surface area (Å²) in [4.78, 5) is 28.3. The third-order valence-corrected chi connectivity index (χ3v) is 8.10. The van der Waals surface area contributed by atoms with Gasteiger partial charge in [0.25, 0.3) is 5.91 Å². The van der Waals surface area contributed by atoms with Gasteiger partial charge in [-0.25, -0.2) is 0 Å². The lowest BCUT2D eigenvalue weighted by atomic mass is 9.49. The van der Waals surface area contributed by atoms with Crippen molar-refractivity contribution in [2.45, 2.75) is 42.8 Å². The van der Waals surface area contributed by atoms with Gasteiger partial charge < -0.3 is 15.0 Å². The van der Waals surface area contributed by atoms with Gasteiger partial charge in [0, 0.05) is 17.4 Å². The minimum absolute atomic E-state index is 0.0262. The van der Waals surface area contributed by atoms with Gasteiger partial charge in [-0.15, -0.1) is 0 Å².